The Kier molecular flexibility index (Phi) is 3.73. The van der Waals surface area contributed by atoms with Crippen molar-refractivity contribution in [2.45, 2.75) is 19.9 Å². The zero-order chi connectivity index (χ0) is 12.6. The molecule has 0 spiro atoms. The number of rotatable bonds is 2. The van der Waals surface area contributed by atoms with Gasteiger partial charge in [0.25, 0.3) is 0 Å². The average Bonchev–Trinajstić information content (AvgIpc) is 2.64. The summed E-state index contributed by atoms with van der Waals surface area (Å²) < 4.78 is 1.13. The molecular weight excluding hydrogens is 278 g/mol. The van der Waals surface area contributed by atoms with Gasteiger partial charge >= 0.3 is 0 Å². The van der Waals surface area contributed by atoms with Crippen LogP contribution in [-0.4, -0.2) is 43.1 Å². The van der Waals surface area contributed by atoms with Gasteiger partial charge in [-0.05, 0) is 54.5 Å². The van der Waals surface area contributed by atoms with Gasteiger partial charge in [0.15, 0.2) is 0 Å². The van der Waals surface area contributed by atoms with E-state index < -0.39 is 0 Å². The lowest BCUT2D eigenvalue weighted by atomic mass is 10.1. The number of nitrogens with zero attached hydrogens (tertiary/aromatic N) is 3. The van der Waals surface area contributed by atoms with Crippen LogP contribution in [0, 0.1) is 12.8 Å². The Hall–Kier alpha value is -0.610. The van der Waals surface area contributed by atoms with Crippen LogP contribution in [0.2, 0.25) is 0 Å². The quantitative estimate of drug-likeness (QED) is 0.836. The molecule has 94 valence electrons. The minimum Gasteiger partial charge on any atom is -0.354 e. The van der Waals surface area contributed by atoms with Crippen LogP contribution in [0.3, 0.4) is 0 Å². The lowest BCUT2D eigenvalue weighted by Gasteiger charge is -2.23. The first-order valence-electron chi connectivity index (χ1n) is 6.03. The standard InChI is InChI=1S/C13H20BrN3/c1-9-5-6-15-13(12(9)14)17-7-10(2)11(8-17)16(3)4/h5-6,10-11H,7-8H2,1-4H3. The predicted molar refractivity (Wildman–Crippen MR) is 75.5 cm³/mol. The Morgan fingerprint density at radius 3 is 2.71 bits per heavy atom. The predicted octanol–water partition coefficient (Wildman–Crippen LogP) is 2.54. The van der Waals surface area contributed by atoms with Gasteiger partial charge in [-0.3, -0.25) is 0 Å². The van der Waals surface area contributed by atoms with Crippen LogP contribution in [-0.2, 0) is 0 Å². The van der Waals surface area contributed by atoms with Gasteiger partial charge in [-0.1, -0.05) is 6.92 Å². The van der Waals surface area contributed by atoms with Crippen molar-refractivity contribution in [3.63, 3.8) is 0 Å². The van der Waals surface area contributed by atoms with Crippen LogP contribution in [0.15, 0.2) is 16.7 Å². The van der Waals surface area contributed by atoms with E-state index in [0.717, 1.165) is 23.4 Å². The van der Waals surface area contributed by atoms with Gasteiger partial charge in [0.2, 0.25) is 0 Å². The molecule has 0 radical (unpaired) electrons. The van der Waals surface area contributed by atoms with Crippen LogP contribution in [0.4, 0.5) is 5.82 Å². The van der Waals surface area contributed by atoms with Crippen molar-refractivity contribution in [2.24, 2.45) is 5.92 Å². The number of anilines is 1. The normalized spacial score (nSPS) is 24.7. The Morgan fingerprint density at radius 1 is 1.41 bits per heavy atom. The Balaban J connectivity index is 2.23. The molecule has 1 aliphatic rings. The van der Waals surface area contributed by atoms with Crippen LogP contribution < -0.4 is 4.90 Å². The van der Waals surface area contributed by atoms with E-state index in [9.17, 15) is 0 Å². The van der Waals surface area contributed by atoms with Crippen molar-refractivity contribution in [1.29, 1.82) is 0 Å². The third kappa shape index (κ3) is 2.47. The Morgan fingerprint density at radius 2 is 2.12 bits per heavy atom. The van der Waals surface area contributed by atoms with E-state index in [2.05, 4.69) is 58.7 Å². The monoisotopic (exact) mass is 297 g/mol. The molecule has 2 heterocycles. The van der Waals surface area contributed by atoms with Gasteiger partial charge in [-0.15, -0.1) is 0 Å². The second kappa shape index (κ2) is 4.94. The van der Waals surface area contributed by atoms with Crippen molar-refractivity contribution in [3.05, 3.63) is 22.3 Å². The Bertz CT molecular complexity index is 406. The van der Waals surface area contributed by atoms with Crippen molar-refractivity contribution in [2.75, 3.05) is 32.1 Å². The van der Waals surface area contributed by atoms with Gasteiger partial charge in [0.1, 0.15) is 5.82 Å². The molecule has 1 aromatic heterocycles. The molecule has 4 heteroatoms. The highest BCUT2D eigenvalue weighted by Crippen LogP contribution is 2.31. The number of likely N-dealkylation sites (N-methyl/N-ethyl adjacent to an activating group) is 1. The fourth-order valence-electron chi connectivity index (χ4n) is 2.54. The summed E-state index contributed by atoms with van der Waals surface area (Å²) in [7, 11) is 4.31. The molecule has 1 aromatic rings. The number of hydrogen-bond donors (Lipinski definition) is 0. The second-order valence-corrected chi connectivity index (χ2v) is 5.97. The van der Waals surface area contributed by atoms with E-state index >= 15 is 0 Å². The molecule has 0 amide bonds. The summed E-state index contributed by atoms with van der Waals surface area (Å²) in [6.07, 6.45) is 1.89. The van der Waals surface area contributed by atoms with Gasteiger partial charge < -0.3 is 9.80 Å². The largest absolute Gasteiger partial charge is 0.354 e. The maximum absolute atomic E-state index is 4.51. The molecule has 0 saturated carbocycles. The molecule has 2 unspecified atom stereocenters. The summed E-state index contributed by atoms with van der Waals surface area (Å²) in [6, 6.07) is 2.65. The van der Waals surface area contributed by atoms with Gasteiger partial charge in [-0.25, -0.2) is 4.98 Å². The molecule has 0 aliphatic carbocycles. The molecule has 2 rings (SSSR count). The highest BCUT2D eigenvalue weighted by Gasteiger charge is 2.32. The van der Waals surface area contributed by atoms with Crippen molar-refractivity contribution in [3.8, 4) is 0 Å². The summed E-state index contributed by atoms with van der Waals surface area (Å²) in [5.41, 5.74) is 1.25. The maximum Gasteiger partial charge on any atom is 0.143 e. The molecule has 2 atom stereocenters. The molecule has 17 heavy (non-hydrogen) atoms. The summed E-state index contributed by atoms with van der Waals surface area (Å²) in [6.45, 7) is 6.56. The summed E-state index contributed by atoms with van der Waals surface area (Å²) in [4.78, 5) is 9.21. The number of halogens is 1. The average molecular weight is 298 g/mol. The SMILES string of the molecule is Cc1ccnc(N2CC(C)C(N(C)C)C2)c1Br. The first kappa shape index (κ1) is 12.8. The second-order valence-electron chi connectivity index (χ2n) is 5.18. The van der Waals surface area contributed by atoms with Gasteiger partial charge in [0.05, 0.1) is 4.47 Å². The minimum absolute atomic E-state index is 0.615. The topological polar surface area (TPSA) is 19.4 Å². The van der Waals surface area contributed by atoms with E-state index in [0.29, 0.717) is 12.0 Å². The molecule has 1 aliphatic heterocycles. The van der Waals surface area contributed by atoms with Crippen molar-refractivity contribution < 1.29 is 0 Å². The van der Waals surface area contributed by atoms with Crippen LogP contribution in [0.1, 0.15) is 12.5 Å². The molecule has 3 nitrogen and oxygen atoms in total. The lowest BCUT2D eigenvalue weighted by Crippen LogP contribution is -2.34. The van der Waals surface area contributed by atoms with E-state index in [4.69, 9.17) is 0 Å². The number of aromatic nitrogens is 1. The highest BCUT2D eigenvalue weighted by molar-refractivity contribution is 9.10. The van der Waals surface area contributed by atoms with Crippen LogP contribution in [0.25, 0.3) is 0 Å². The molecule has 1 saturated heterocycles. The summed E-state index contributed by atoms with van der Waals surface area (Å²) in [5.74, 6) is 1.76. The zero-order valence-electron chi connectivity index (χ0n) is 10.9. The van der Waals surface area contributed by atoms with Crippen molar-refractivity contribution in [1.82, 2.24) is 9.88 Å². The number of hydrogen-bond acceptors (Lipinski definition) is 3. The molecule has 1 fully saturated rings. The lowest BCUT2D eigenvalue weighted by molar-refractivity contribution is 0.266. The van der Waals surface area contributed by atoms with Gasteiger partial charge in [-0.2, -0.15) is 0 Å². The van der Waals surface area contributed by atoms with E-state index in [-0.39, 0.29) is 0 Å². The summed E-state index contributed by atoms with van der Waals surface area (Å²) >= 11 is 3.65. The fraction of sp³-hybridized carbons (Fsp3) is 0.615. The first-order chi connectivity index (χ1) is 8.00. The smallest absolute Gasteiger partial charge is 0.143 e. The Labute approximate surface area is 112 Å². The number of pyridine rings is 1. The van der Waals surface area contributed by atoms with Crippen LogP contribution >= 0.6 is 15.9 Å². The molecule has 0 aromatic carbocycles. The molecule has 0 N–H and O–H groups in total. The summed E-state index contributed by atoms with van der Waals surface area (Å²) in [5, 5.41) is 0. The van der Waals surface area contributed by atoms with Crippen LogP contribution in [0.5, 0.6) is 0 Å². The van der Waals surface area contributed by atoms with E-state index in [1.165, 1.54) is 5.56 Å². The third-order valence-corrected chi connectivity index (χ3v) is 4.58. The fourth-order valence-corrected chi connectivity index (χ4v) is 3.03. The maximum atomic E-state index is 4.51. The van der Waals surface area contributed by atoms with Crippen molar-refractivity contribution >= 4 is 21.7 Å². The molecule has 0 bridgehead atoms. The third-order valence-electron chi connectivity index (χ3n) is 3.60. The zero-order valence-corrected chi connectivity index (χ0v) is 12.5. The van der Waals surface area contributed by atoms with Gasteiger partial charge in [0, 0.05) is 25.3 Å². The van der Waals surface area contributed by atoms with E-state index in [1.54, 1.807) is 0 Å². The minimum atomic E-state index is 0.615. The highest BCUT2D eigenvalue weighted by atomic mass is 79.9. The first-order valence-corrected chi connectivity index (χ1v) is 6.82. The molecular formula is C13H20BrN3. The number of aryl methyl sites for hydroxylation is 1. The van der Waals surface area contributed by atoms with E-state index in [1.807, 2.05) is 12.3 Å².